The molecule has 3 aromatic rings. The number of pyridine rings is 1. The summed E-state index contributed by atoms with van der Waals surface area (Å²) in [6.45, 7) is 0. The molecule has 0 aliphatic carbocycles. The minimum atomic E-state index is -3.24. The predicted octanol–water partition coefficient (Wildman–Crippen LogP) is 3.11. The van der Waals surface area contributed by atoms with E-state index in [1.165, 1.54) is 6.26 Å². The molecule has 0 bridgehead atoms. The summed E-state index contributed by atoms with van der Waals surface area (Å²) in [7, 11) is -3.24. The van der Waals surface area contributed by atoms with Crippen molar-refractivity contribution in [3.63, 3.8) is 0 Å². The van der Waals surface area contributed by atoms with Gasteiger partial charge in [0.2, 0.25) is 0 Å². The summed E-state index contributed by atoms with van der Waals surface area (Å²) >= 11 is 0. The van der Waals surface area contributed by atoms with E-state index in [4.69, 9.17) is 5.73 Å². The molecule has 0 unspecified atom stereocenters. The highest BCUT2D eigenvalue weighted by atomic mass is 32.2. The summed E-state index contributed by atoms with van der Waals surface area (Å²) in [5, 5.41) is 9.39. The van der Waals surface area contributed by atoms with Crippen LogP contribution in [0.5, 0.6) is 5.75 Å². The van der Waals surface area contributed by atoms with Crippen LogP contribution in [0.3, 0.4) is 0 Å². The van der Waals surface area contributed by atoms with Crippen molar-refractivity contribution in [2.45, 2.75) is 4.90 Å². The lowest BCUT2D eigenvalue weighted by Crippen LogP contribution is -1.98. The van der Waals surface area contributed by atoms with Crippen molar-refractivity contribution in [1.82, 2.24) is 4.98 Å². The quantitative estimate of drug-likeness (QED) is 0.764. The summed E-state index contributed by atoms with van der Waals surface area (Å²) in [6.07, 6.45) is 2.83. The van der Waals surface area contributed by atoms with Gasteiger partial charge >= 0.3 is 0 Å². The van der Waals surface area contributed by atoms with Crippen molar-refractivity contribution >= 4 is 15.7 Å². The van der Waals surface area contributed by atoms with Crippen LogP contribution in [0.4, 0.5) is 5.82 Å². The van der Waals surface area contributed by atoms with Crippen LogP contribution in [0, 0.1) is 0 Å². The van der Waals surface area contributed by atoms with Crippen molar-refractivity contribution < 1.29 is 13.5 Å². The van der Waals surface area contributed by atoms with Gasteiger partial charge in [-0.15, -0.1) is 0 Å². The maximum atomic E-state index is 11.6. The van der Waals surface area contributed by atoms with Crippen molar-refractivity contribution in [2.75, 3.05) is 12.0 Å². The molecule has 0 aliphatic heterocycles. The SMILES string of the molecule is CS(=O)(=O)c1ccc(-c2cc(-c3ccc(O)cc3)cnc2N)cc1. The molecule has 3 rings (SSSR count). The monoisotopic (exact) mass is 340 g/mol. The van der Waals surface area contributed by atoms with E-state index in [9.17, 15) is 13.5 Å². The number of nitrogens with zero attached hydrogens (tertiary/aromatic N) is 1. The van der Waals surface area contributed by atoms with E-state index < -0.39 is 9.84 Å². The number of hydrogen-bond donors (Lipinski definition) is 2. The van der Waals surface area contributed by atoms with Gasteiger partial charge in [-0.25, -0.2) is 13.4 Å². The summed E-state index contributed by atoms with van der Waals surface area (Å²) in [4.78, 5) is 4.48. The number of anilines is 1. The van der Waals surface area contributed by atoms with Gasteiger partial charge in [0.05, 0.1) is 4.90 Å². The molecule has 0 fully saturated rings. The van der Waals surface area contributed by atoms with Gasteiger partial charge in [-0.1, -0.05) is 24.3 Å². The first-order valence-corrected chi connectivity index (χ1v) is 9.09. The molecule has 0 amide bonds. The largest absolute Gasteiger partial charge is 0.508 e. The molecular weight excluding hydrogens is 324 g/mol. The van der Waals surface area contributed by atoms with E-state index in [0.717, 1.165) is 22.3 Å². The minimum Gasteiger partial charge on any atom is -0.508 e. The highest BCUT2D eigenvalue weighted by Crippen LogP contribution is 2.30. The fraction of sp³-hybridized carbons (Fsp3) is 0.0556. The Hall–Kier alpha value is -2.86. The number of benzene rings is 2. The third kappa shape index (κ3) is 3.23. The third-order valence-electron chi connectivity index (χ3n) is 3.71. The average Bonchev–Trinajstić information content (AvgIpc) is 2.55. The summed E-state index contributed by atoms with van der Waals surface area (Å²) in [5.41, 5.74) is 9.24. The molecule has 2 aromatic carbocycles. The van der Waals surface area contributed by atoms with Crippen LogP contribution in [0.15, 0.2) is 65.7 Å². The lowest BCUT2D eigenvalue weighted by molar-refractivity contribution is 0.475. The topological polar surface area (TPSA) is 93.3 Å². The second-order valence-corrected chi connectivity index (χ2v) is 7.52. The molecule has 24 heavy (non-hydrogen) atoms. The van der Waals surface area contributed by atoms with Crippen LogP contribution in [-0.2, 0) is 9.84 Å². The maximum absolute atomic E-state index is 11.6. The van der Waals surface area contributed by atoms with Crippen LogP contribution in [0.1, 0.15) is 0 Å². The van der Waals surface area contributed by atoms with Crippen molar-refractivity contribution in [3.8, 4) is 28.0 Å². The predicted molar refractivity (Wildman–Crippen MR) is 94.3 cm³/mol. The van der Waals surface area contributed by atoms with Gasteiger partial charge < -0.3 is 10.8 Å². The van der Waals surface area contributed by atoms with Crippen molar-refractivity contribution in [3.05, 3.63) is 60.8 Å². The number of aromatic hydroxyl groups is 1. The number of nitrogens with two attached hydrogens (primary N) is 1. The first-order chi connectivity index (χ1) is 11.3. The Morgan fingerprint density at radius 1 is 0.917 bits per heavy atom. The highest BCUT2D eigenvalue weighted by molar-refractivity contribution is 7.90. The molecule has 0 aliphatic rings. The zero-order chi connectivity index (χ0) is 17.3. The Morgan fingerprint density at radius 3 is 2.08 bits per heavy atom. The van der Waals surface area contributed by atoms with E-state index in [0.29, 0.717) is 5.82 Å². The summed E-state index contributed by atoms with van der Waals surface area (Å²) in [6, 6.07) is 15.2. The zero-order valence-corrected chi connectivity index (χ0v) is 13.8. The van der Waals surface area contributed by atoms with Gasteiger partial charge in [0.15, 0.2) is 9.84 Å². The zero-order valence-electron chi connectivity index (χ0n) is 13.0. The minimum absolute atomic E-state index is 0.193. The van der Waals surface area contributed by atoms with E-state index in [2.05, 4.69) is 4.98 Å². The Kier molecular flexibility index (Phi) is 3.99. The molecule has 0 atom stereocenters. The number of rotatable bonds is 3. The average molecular weight is 340 g/mol. The smallest absolute Gasteiger partial charge is 0.175 e. The third-order valence-corrected chi connectivity index (χ3v) is 4.84. The van der Waals surface area contributed by atoms with Crippen LogP contribution < -0.4 is 5.73 Å². The Labute approximate surface area is 140 Å². The summed E-state index contributed by atoms with van der Waals surface area (Å²) < 4.78 is 23.1. The molecule has 6 heteroatoms. The van der Waals surface area contributed by atoms with Crippen LogP contribution in [0.2, 0.25) is 0 Å². The highest BCUT2D eigenvalue weighted by Gasteiger charge is 2.10. The van der Waals surface area contributed by atoms with Crippen molar-refractivity contribution in [1.29, 1.82) is 0 Å². The van der Waals surface area contributed by atoms with Gasteiger partial charge in [0, 0.05) is 23.6 Å². The van der Waals surface area contributed by atoms with Gasteiger partial charge in [0.1, 0.15) is 11.6 Å². The maximum Gasteiger partial charge on any atom is 0.175 e. The first-order valence-electron chi connectivity index (χ1n) is 7.20. The van der Waals surface area contributed by atoms with Gasteiger partial charge in [0.25, 0.3) is 0 Å². The second kappa shape index (κ2) is 5.98. The van der Waals surface area contributed by atoms with Gasteiger partial charge in [-0.3, -0.25) is 0 Å². The fourth-order valence-corrected chi connectivity index (χ4v) is 3.03. The standard InChI is InChI=1S/C18H16N2O3S/c1-24(22,23)16-8-4-13(5-9-16)17-10-14(11-20-18(17)19)12-2-6-15(21)7-3-12/h2-11,21H,1H3,(H2,19,20). The Balaban J connectivity index is 2.05. The van der Waals surface area contributed by atoms with E-state index in [1.807, 2.05) is 6.07 Å². The molecule has 1 heterocycles. The van der Waals surface area contributed by atoms with E-state index >= 15 is 0 Å². The molecule has 0 saturated heterocycles. The van der Waals surface area contributed by atoms with Crippen LogP contribution >= 0.6 is 0 Å². The molecule has 3 N–H and O–H groups in total. The molecule has 0 saturated carbocycles. The van der Waals surface area contributed by atoms with Crippen LogP contribution in [-0.4, -0.2) is 24.8 Å². The van der Waals surface area contributed by atoms with Crippen LogP contribution in [0.25, 0.3) is 22.3 Å². The molecule has 5 nitrogen and oxygen atoms in total. The molecular formula is C18H16N2O3S. The first kappa shape index (κ1) is 16.0. The molecule has 1 aromatic heterocycles. The lowest BCUT2D eigenvalue weighted by atomic mass is 10.0. The van der Waals surface area contributed by atoms with E-state index in [-0.39, 0.29) is 10.6 Å². The Bertz CT molecular complexity index is 980. The fourth-order valence-electron chi connectivity index (χ4n) is 2.40. The number of hydrogen-bond acceptors (Lipinski definition) is 5. The number of phenols is 1. The summed E-state index contributed by atoms with van der Waals surface area (Å²) in [5.74, 6) is 0.559. The number of aromatic nitrogens is 1. The normalized spacial score (nSPS) is 11.4. The molecule has 0 radical (unpaired) electrons. The Morgan fingerprint density at radius 2 is 1.50 bits per heavy atom. The van der Waals surface area contributed by atoms with Gasteiger partial charge in [-0.2, -0.15) is 0 Å². The number of sulfone groups is 1. The number of nitrogen functional groups attached to an aromatic ring is 1. The lowest BCUT2D eigenvalue weighted by Gasteiger charge is -2.09. The molecule has 122 valence electrons. The van der Waals surface area contributed by atoms with E-state index in [1.54, 1.807) is 54.7 Å². The molecule has 0 spiro atoms. The second-order valence-electron chi connectivity index (χ2n) is 5.50. The van der Waals surface area contributed by atoms with Crippen molar-refractivity contribution in [2.24, 2.45) is 0 Å². The van der Waals surface area contributed by atoms with Gasteiger partial charge in [-0.05, 0) is 41.5 Å². The number of phenolic OH excluding ortho intramolecular Hbond substituents is 1.